The van der Waals surface area contributed by atoms with Crippen molar-refractivity contribution in [1.29, 1.82) is 0 Å². The topological polar surface area (TPSA) is 52.6 Å². The number of benzene rings is 2. The van der Waals surface area contributed by atoms with Gasteiger partial charge in [-0.2, -0.15) is 0 Å². The molecule has 172 valence electrons. The van der Waals surface area contributed by atoms with E-state index in [-0.39, 0.29) is 46.7 Å². The Morgan fingerprint density at radius 2 is 1.03 bits per heavy atom. The average Bonchev–Trinajstić information content (AvgIpc) is 3.64. The summed E-state index contributed by atoms with van der Waals surface area (Å²) in [5, 5.41) is 0. The summed E-state index contributed by atoms with van der Waals surface area (Å²) in [5.41, 5.74) is 0.0288. The monoisotopic (exact) mass is 452 g/mol. The molecule has 8 heteroatoms. The number of carbonyl (C=O) groups is 2. The predicted octanol–water partition coefficient (Wildman–Crippen LogP) is 5.26. The van der Waals surface area contributed by atoms with Crippen LogP contribution in [0.1, 0.15) is 49.7 Å². The maximum Gasteiger partial charge on any atom is 0.309 e. The number of halogens is 4. The van der Waals surface area contributed by atoms with E-state index in [9.17, 15) is 27.2 Å². The molecule has 2 aromatic carbocycles. The molecule has 0 saturated heterocycles. The summed E-state index contributed by atoms with van der Waals surface area (Å²) in [6.07, 6.45) is 0.938. The second kappa shape index (κ2) is 10.1. The highest BCUT2D eigenvalue weighted by Gasteiger charge is 2.48. The van der Waals surface area contributed by atoms with Crippen LogP contribution in [-0.2, 0) is 19.1 Å². The molecule has 0 bridgehead atoms. The van der Waals surface area contributed by atoms with Crippen LogP contribution in [0.2, 0.25) is 0 Å². The van der Waals surface area contributed by atoms with Crippen molar-refractivity contribution >= 4 is 11.9 Å². The molecule has 0 heterocycles. The molecule has 2 saturated carbocycles. The van der Waals surface area contributed by atoms with E-state index in [1.54, 1.807) is 13.8 Å². The molecular formula is C24H24F4O4. The van der Waals surface area contributed by atoms with Gasteiger partial charge in [-0.1, -0.05) is 12.1 Å². The molecule has 0 radical (unpaired) electrons. The number of hydrogen-bond donors (Lipinski definition) is 0. The molecule has 32 heavy (non-hydrogen) atoms. The molecule has 4 rings (SSSR count). The van der Waals surface area contributed by atoms with Crippen LogP contribution in [0.3, 0.4) is 0 Å². The van der Waals surface area contributed by atoms with Crippen LogP contribution in [0.15, 0.2) is 36.4 Å². The van der Waals surface area contributed by atoms with E-state index in [4.69, 9.17) is 9.47 Å². The minimum absolute atomic E-state index is 0.0144. The van der Waals surface area contributed by atoms with Crippen molar-refractivity contribution in [3.05, 3.63) is 70.8 Å². The third kappa shape index (κ3) is 5.29. The Balaban J connectivity index is 0.000000181. The van der Waals surface area contributed by atoms with E-state index in [0.29, 0.717) is 26.1 Å². The van der Waals surface area contributed by atoms with Crippen LogP contribution in [0, 0.1) is 35.1 Å². The van der Waals surface area contributed by atoms with Crippen molar-refractivity contribution in [3.8, 4) is 0 Å². The fourth-order valence-corrected chi connectivity index (χ4v) is 3.78. The van der Waals surface area contributed by atoms with Gasteiger partial charge < -0.3 is 9.47 Å². The highest BCUT2D eigenvalue weighted by Crippen LogP contribution is 2.50. The summed E-state index contributed by atoms with van der Waals surface area (Å²) >= 11 is 0. The molecule has 2 aromatic rings. The van der Waals surface area contributed by atoms with Gasteiger partial charge in [0.15, 0.2) is 0 Å². The number of rotatable bonds is 6. The number of hydrogen-bond acceptors (Lipinski definition) is 4. The van der Waals surface area contributed by atoms with E-state index in [1.807, 2.05) is 0 Å². The van der Waals surface area contributed by atoms with E-state index >= 15 is 0 Å². The summed E-state index contributed by atoms with van der Waals surface area (Å²) in [4.78, 5) is 22.7. The molecule has 0 aromatic heterocycles. The minimum atomic E-state index is -0.586. The lowest BCUT2D eigenvalue weighted by Gasteiger charge is -2.04. The summed E-state index contributed by atoms with van der Waals surface area (Å²) in [6, 6.07) is 7.46. The smallest absolute Gasteiger partial charge is 0.309 e. The first kappa shape index (κ1) is 23.8. The van der Waals surface area contributed by atoms with Crippen molar-refractivity contribution in [2.75, 3.05) is 13.2 Å². The summed E-state index contributed by atoms with van der Waals surface area (Å²) < 4.78 is 63.1. The quantitative estimate of drug-likeness (QED) is 0.443. The fraction of sp³-hybridized carbons (Fsp3) is 0.417. The van der Waals surface area contributed by atoms with Gasteiger partial charge >= 0.3 is 11.9 Å². The fourth-order valence-electron chi connectivity index (χ4n) is 3.78. The first-order valence-electron chi connectivity index (χ1n) is 10.5. The van der Waals surface area contributed by atoms with Crippen molar-refractivity contribution in [1.82, 2.24) is 0 Å². The normalized spacial score (nSPS) is 22.9. The SMILES string of the molecule is CCOC(=O)C1CC1c1c(F)cccc1F.CCOC(=O)C1CC1c1c(F)cccc1F. The van der Waals surface area contributed by atoms with Gasteiger partial charge in [-0.25, -0.2) is 17.6 Å². The zero-order valence-corrected chi connectivity index (χ0v) is 17.7. The second-order valence-electron chi connectivity index (χ2n) is 7.67. The first-order valence-corrected chi connectivity index (χ1v) is 10.5. The van der Waals surface area contributed by atoms with Crippen LogP contribution < -0.4 is 0 Å². The van der Waals surface area contributed by atoms with E-state index < -0.39 is 23.3 Å². The van der Waals surface area contributed by atoms with Gasteiger partial charge in [0, 0.05) is 23.0 Å². The molecule has 0 spiro atoms. The summed E-state index contributed by atoms with van der Waals surface area (Å²) in [7, 11) is 0. The Labute approximate surface area is 183 Å². The van der Waals surface area contributed by atoms with Gasteiger partial charge in [-0.05, 0) is 51.0 Å². The third-order valence-electron chi connectivity index (χ3n) is 5.50. The molecule has 0 aliphatic heterocycles. The summed E-state index contributed by atoms with van der Waals surface area (Å²) in [6.45, 7) is 4.00. The lowest BCUT2D eigenvalue weighted by Crippen LogP contribution is -2.08. The zero-order valence-electron chi connectivity index (χ0n) is 17.7. The largest absolute Gasteiger partial charge is 0.466 e. The molecule has 4 unspecified atom stereocenters. The van der Waals surface area contributed by atoms with Crippen LogP contribution in [0.4, 0.5) is 17.6 Å². The molecule has 2 aliphatic rings. The van der Waals surface area contributed by atoms with Crippen LogP contribution in [0.5, 0.6) is 0 Å². The van der Waals surface area contributed by atoms with E-state index in [0.717, 1.165) is 0 Å². The Morgan fingerprint density at radius 1 is 0.719 bits per heavy atom. The highest BCUT2D eigenvalue weighted by molar-refractivity contribution is 5.78. The molecule has 0 amide bonds. The van der Waals surface area contributed by atoms with Gasteiger partial charge in [0.05, 0.1) is 25.0 Å². The molecule has 0 N–H and O–H groups in total. The Kier molecular flexibility index (Phi) is 7.53. The molecule has 4 atom stereocenters. The second-order valence-corrected chi connectivity index (χ2v) is 7.67. The summed E-state index contributed by atoms with van der Waals surface area (Å²) in [5.74, 6) is -4.56. The van der Waals surface area contributed by atoms with Crippen LogP contribution >= 0.6 is 0 Å². The molecule has 4 nitrogen and oxygen atoms in total. The number of carbonyl (C=O) groups excluding carboxylic acids is 2. The maximum absolute atomic E-state index is 13.4. The van der Waals surface area contributed by atoms with E-state index in [2.05, 4.69) is 0 Å². The van der Waals surface area contributed by atoms with Gasteiger partial charge in [-0.3, -0.25) is 9.59 Å². The van der Waals surface area contributed by atoms with Gasteiger partial charge in [0.1, 0.15) is 23.3 Å². The molecule has 2 fully saturated rings. The lowest BCUT2D eigenvalue weighted by atomic mass is 10.1. The number of ether oxygens (including phenoxy) is 2. The zero-order chi connectivity index (χ0) is 23.4. The van der Waals surface area contributed by atoms with Crippen LogP contribution in [0.25, 0.3) is 0 Å². The molecule has 2 aliphatic carbocycles. The van der Waals surface area contributed by atoms with Gasteiger partial charge in [0.25, 0.3) is 0 Å². The maximum atomic E-state index is 13.4. The molecular weight excluding hydrogens is 428 g/mol. The van der Waals surface area contributed by atoms with Crippen molar-refractivity contribution < 1.29 is 36.6 Å². The van der Waals surface area contributed by atoms with Crippen LogP contribution in [-0.4, -0.2) is 25.2 Å². The van der Waals surface area contributed by atoms with E-state index in [1.165, 1.54) is 36.4 Å². The van der Waals surface area contributed by atoms with Gasteiger partial charge in [-0.15, -0.1) is 0 Å². The Morgan fingerprint density at radius 3 is 1.31 bits per heavy atom. The van der Waals surface area contributed by atoms with Crippen molar-refractivity contribution in [2.45, 2.75) is 38.5 Å². The average molecular weight is 452 g/mol. The van der Waals surface area contributed by atoms with Gasteiger partial charge in [0.2, 0.25) is 0 Å². The number of esters is 2. The standard InChI is InChI=1S/2C12H12F2O2/c2*1-2-16-12(15)8-6-7(8)11-9(13)4-3-5-10(11)14/h2*3-5,7-8H,2,6H2,1H3. The minimum Gasteiger partial charge on any atom is -0.466 e. The Bertz CT molecular complexity index is 874. The van der Waals surface area contributed by atoms with Crippen molar-refractivity contribution in [3.63, 3.8) is 0 Å². The lowest BCUT2D eigenvalue weighted by molar-refractivity contribution is -0.145. The Hall–Kier alpha value is -2.90. The van der Waals surface area contributed by atoms with Crippen molar-refractivity contribution in [2.24, 2.45) is 11.8 Å². The first-order chi connectivity index (χ1) is 15.3. The predicted molar refractivity (Wildman–Crippen MR) is 108 cm³/mol. The third-order valence-corrected chi connectivity index (χ3v) is 5.50. The highest BCUT2D eigenvalue weighted by atomic mass is 19.1.